The average molecular weight is 231 g/mol. The fourth-order valence-electron chi connectivity index (χ4n) is 1.38. The van der Waals surface area contributed by atoms with Gasteiger partial charge < -0.3 is 5.11 Å². The molecule has 6 heteroatoms. The smallest absolute Gasteiger partial charge is 0.337 e. The molecule has 0 atom stereocenters. The normalized spacial score (nSPS) is 17.3. The lowest BCUT2D eigenvalue weighted by Crippen LogP contribution is -2.25. The van der Waals surface area contributed by atoms with E-state index in [0.29, 0.717) is 12.8 Å². The van der Waals surface area contributed by atoms with Crippen LogP contribution in [0, 0.1) is 0 Å². The fourth-order valence-corrected chi connectivity index (χ4v) is 2.04. The van der Waals surface area contributed by atoms with Gasteiger partial charge in [0.2, 0.25) is 10.0 Å². The van der Waals surface area contributed by atoms with Crippen molar-refractivity contribution in [1.82, 2.24) is 4.72 Å². The van der Waals surface area contributed by atoms with E-state index in [1.807, 2.05) is 6.92 Å². The molecule has 0 aromatic rings. The summed E-state index contributed by atoms with van der Waals surface area (Å²) < 4.78 is 24.2. The van der Waals surface area contributed by atoms with E-state index >= 15 is 0 Å². The summed E-state index contributed by atoms with van der Waals surface area (Å²) in [6, 6.07) is 0. The Balaban J connectivity index is 3.11. The van der Waals surface area contributed by atoms with Crippen molar-refractivity contribution in [3.05, 3.63) is 22.9 Å². The first-order valence-electron chi connectivity index (χ1n) is 4.41. The highest BCUT2D eigenvalue weighted by Gasteiger charge is 2.19. The van der Waals surface area contributed by atoms with Crippen LogP contribution in [0.2, 0.25) is 0 Å². The number of carbonyl (C=O) groups is 1. The summed E-state index contributed by atoms with van der Waals surface area (Å²) >= 11 is 0. The van der Waals surface area contributed by atoms with Crippen molar-refractivity contribution < 1.29 is 18.3 Å². The van der Waals surface area contributed by atoms with Gasteiger partial charge in [0.1, 0.15) is 0 Å². The highest BCUT2D eigenvalue weighted by molar-refractivity contribution is 7.88. The van der Waals surface area contributed by atoms with Gasteiger partial charge in [-0.3, -0.25) is 4.72 Å². The largest absolute Gasteiger partial charge is 0.478 e. The molecule has 0 aliphatic heterocycles. The fraction of sp³-hybridized carbons (Fsp3) is 0.444. The van der Waals surface area contributed by atoms with Crippen LogP contribution in [0.4, 0.5) is 0 Å². The Bertz CT molecular complexity index is 445. The van der Waals surface area contributed by atoms with Crippen LogP contribution in [-0.2, 0) is 14.8 Å². The monoisotopic (exact) mass is 231 g/mol. The molecule has 0 radical (unpaired) electrons. The van der Waals surface area contributed by atoms with E-state index in [2.05, 4.69) is 4.72 Å². The third-order valence-electron chi connectivity index (χ3n) is 2.02. The summed E-state index contributed by atoms with van der Waals surface area (Å²) in [6.45, 7) is 1.82. The van der Waals surface area contributed by atoms with Crippen LogP contribution in [0.3, 0.4) is 0 Å². The second-order valence-corrected chi connectivity index (χ2v) is 5.31. The Morgan fingerprint density at radius 2 is 2.07 bits per heavy atom. The van der Waals surface area contributed by atoms with Crippen molar-refractivity contribution >= 4 is 16.0 Å². The zero-order valence-corrected chi connectivity index (χ0v) is 9.39. The molecule has 0 bridgehead atoms. The van der Waals surface area contributed by atoms with Crippen LogP contribution >= 0.6 is 0 Å². The molecule has 1 aliphatic rings. The van der Waals surface area contributed by atoms with Crippen LogP contribution in [0.15, 0.2) is 22.9 Å². The maximum atomic E-state index is 11.0. The SMILES string of the molecule is CC1=CC(C(=O)O)=C(NS(C)(=O)=O)CC1. The molecule has 2 N–H and O–H groups in total. The van der Waals surface area contributed by atoms with Crippen LogP contribution < -0.4 is 4.72 Å². The maximum Gasteiger partial charge on any atom is 0.337 e. The van der Waals surface area contributed by atoms with Crippen LogP contribution in [-0.4, -0.2) is 25.7 Å². The highest BCUT2D eigenvalue weighted by Crippen LogP contribution is 2.22. The van der Waals surface area contributed by atoms with E-state index in [1.165, 1.54) is 6.08 Å². The lowest BCUT2D eigenvalue weighted by Gasteiger charge is -2.16. The molecule has 1 rings (SSSR count). The van der Waals surface area contributed by atoms with E-state index in [1.54, 1.807) is 0 Å². The van der Waals surface area contributed by atoms with Gasteiger partial charge in [-0.25, -0.2) is 13.2 Å². The quantitative estimate of drug-likeness (QED) is 0.745. The molecule has 0 saturated carbocycles. The van der Waals surface area contributed by atoms with Crippen molar-refractivity contribution in [2.75, 3.05) is 6.26 Å². The third kappa shape index (κ3) is 3.39. The Labute approximate surface area is 88.5 Å². The van der Waals surface area contributed by atoms with Crippen molar-refractivity contribution in [2.45, 2.75) is 19.8 Å². The zero-order chi connectivity index (χ0) is 11.6. The minimum Gasteiger partial charge on any atom is -0.478 e. The van der Waals surface area contributed by atoms with Gasteiger partial charge in [-0.15, -0.1) is 0 Å². The van der Waals surface area contributed by atoms with Crippen molar-refractivity contribution in [2.24, 2.45) is 0 Å². The van der Waals surface area contributed by atoms with Crippen LogP contribution in [0.25, 0.3) is 0 Å². The molecule has 0 fully saturated rings. The number of allylic oxidation sites excluding steroid dienone is 2. The number of carboxylic acid groups (broad SMARTS) is 1. The molecule has 84 valence electrons. The minimum absolute atomic E-state index is 0.0316. The van der Waals surface area contributed by atoms with Crippen molar-refractivity contribution in [3.8, 4) is 0 Å². The number of hydrogen-bond donors (Lipinski definition) is 2. The third-order valence-corrected chi connectivity index (χ3v) is 2.64. The molecular weight excluding hydrogens is 218 g/mol. The van der Waals surface area contributed by atoms with Gasteiger partial charge in [-0.1, -0.05) is 5.57 Å². The Morgan fingerprint density at radius 3 is 2.53 bits per heavy atom. The first kappa shape index (κ1) is 11.8. The molecule has 5 nitrogen and oxygen atoms in total. The van der Waals surface area contributed by atoms with Gasteiger partial charge in [0, 0.05) is 5.70 Å². The summed E-state index contributed by atoms with van der Waals surface area (Å²) in [5.74, 6) is -1.11. The second kappa shape index (κ2) is 4.06. The van der Waals surface area contributed by atoms with Gasteiger partial charge in [-0.2, -0.15) is 0 Å². The molecule has 0 unspecified atom stereocenters. The summed E-state index contributed by atoms with van der Waals surface area (Å²) in [5.41, 5.74) is 1.23. The molecule has 0 amide bonds. The van der Waals surface area contributed by atoms with E-state index in [9.17, 15) is 13.2 Å². The zero-order valence-electron chi connectivity index (χ0n) is 8.57. The van der Waals surface area contributed by atoms with Gasteiger partial charge in [0.25, 0.3) is 0 Å². The van der Waals surface area contributed by atoms with Gasteiger partial charge in [0.05, 0.1) is 11.8 Å². The predicted octanol–water partition coefficient (Wildman–Crippen LogP) is 0.614. The lowest BCUT2D eigenvalue weighted by atomic mass is 9.98. The van der Waals surface area contributed by atoms with Crippen molar-refractivity contribution in [1.29, 1.82) is 0 Å². The molecule has 0 aromatic heterocycles. The topological polar surface area (TPSA) is 83.5 Å². The molecule has 1 aliphatic carbocycles. The Hall–Kier alpha value is -1.30. The van der Waals surface area contributed by atoms with Gasteiger partial charge in [0.15, 0.2) is 0 Å². The molecule has 15 heavy (non-hydrogen) atoms. The number of aliphatic carboxylic acids is 1. The summed E-state index contributed by atoms with van der Waals surface area (Å²) in [7, 11) is -3.41. The summed E-state index contributed by atoms with van der Waals surface area (Å²) in [5, 5.41) is 8.89. The second-order valence-electron chi connectivity index (χ2n) is 3.56. The number of sulfonamides is 1. The highest BCUT2D eigenvalue weighted by atomic mass is 32.2. The van der Waals surface area contributed by atoms with E-state index < -0.39 is 16.0 Å². The first-order chi connectivity index (χ1) is 6.79. The lowest BCUT2D eigenvalue weighted by molar-refractivity contribution is -0.132. The average Bonchev–Trinajstić information content (AvgIpc) is 2.05. The van der Waals surface area contributed by atoms with E-state index in [0.717, 1.165) is 11.8 Å². The number of carboxylic acids is 1. The molecule has 0 saturated heterocycles. The number of rotatable bonds is 3. The van der Waals surface area contributed by atoms with Gasteiger partial charge >= 0.3 is 5.97 Å². The summed E-state index contributed by atoms with van der Waals surface area (Å²) in [6.07, 6.45) is 3.59. The maximum absolute atomic E-state index is 11.0. The Morgan fingerprint density at radius 1 is 1.47 bits per heavy atom. The Kier molecular flexibility index (Phi) is 3.18. The molecular formula is C9H13NO4S. The van der Waals surface area contributed by atoms with Gasteiger partial charge in [-0.05, 0) is 25.8 Å². The van der Waals surface area contributed by atoms with E-state index in [-0.39, 0.29) is 11.3 Å². The molecule has 0 spiro atoms. The standard InChI is InChI=1S/C9H13NO4S/c1-6-3-4-8(10-15(2,13)14)7(5-6)9(11)12/h5,10H,3-4H2,1-2H3,(H,11,12). The number of nitrogens with one attached hydrogen (secondary N) is 1. The molecule has 0 heterocycles. The molecule has 0 aromatic carbocycles. The van der Waals surface area contributed by atoms with Crippen molar-refractivity contribution in [3.63, 3.8) is 0 Å². The minimum atomic E-state index is -3.41. The number of hydrogen-bond acceptors (Lipinski definition) is 3. The van der Waals surface area contributed by atoms with E-state index in [4.69, 9.17) is 5.11 Å². The predicted molar refractivity (Wildman–Crippen MR) is 55.6 cm³/mol. The summed E-state index contributed by atoms with van der Waals surface area (Å²) in [4.78, 5) is 10.9. The van der Waals surface area contributed by atoms with Crippen LogP contribution in [0.1, 0.15) is 19.8 Å². The van der Waals surface area contributed by atoms with Crippen LogP contribution in [0.5, 0.6) is 0 Å². The first-order valence-corrected chi connectivity index (χ1v) is 6.30.